The summed E-state index contributed by atoms with van der Waals surface area (Å²) < 4.78 is 16.2. The number of rotatable bonds is 8. The Kier molecular flexibility index (Phi) is 5.97. The summed E-state index contributed by atoms with van der Waals surface area (Å²) in [4.78, 5) is 28.9. The molecule has 3 aromatic rings. The van der Waals surface area contributed by atoms with Gasteiger partial charge < -0.3 is 10.6 Å². The number of imidazole rings is 1. The number of hydrogen-bond acceptors (Lipinski definition) is 5. The molecule has 1 fully saturated rings. The van der Waals surface area contributed by atoms with E-state index in [4.69, 9.17) is 0 Å². The fraction of sp³-hybridized carbons (Fsp3) is 0.476. The monoisotopic (exact) mass is 427 g/mol. The topological polar surface area (TPSA) is 106 Å². The third kappa shape index (κ3) is 4.89. The normalized spacial score (nSPS) is 18.2. The van der Waals surface area contributed by atoms with Crippen molar-refractivity contribution in [2.45, 2.75) is 58.4 Å². The van der Waals surface area contributed by atoms with Crippen LogP contribution in [0, 0.1) is 5.92 Å². The van der Waals surface area contributed by atoms with Crippen LogP contribution in [0.3, 0.4) is 0 Å². The van der Waals surface area contributed by atoms with Crippen molar-refractivity contribution in [1.29, 1.82) is 0 Å². The zero-order chi connectivity index (χ0) is 22.0. The van der Waals surface area contributed by atoms with Crippen LogP contribution in [0.25, 0.3) is 5.65 Å². The third-order valence-corrected chi connectivity index (χ3v) is 5.39. The molecule has 0 atom stereocenters. The highest BCUT2D eigenvalue weighted by atomic mass is 19.1. The molecule has 0 spiro atoms. The van der Waals surface area contributed by atoms with Crippen molar-refractivity contribution >= 4 is 17.5 Å². The van der Waals surface area contributed by atoms with Crippen LogP contribution in [0.1, 0.15) is 60.9 Å². The third-order valence-electron chi connectivity index (χ3n) is 5.39. The molecule has 2 N–H and O–H groups in total. The average Bonchev–Trinajstić information content (AvgIpc) is 3.35. The van der Waals surface area contributed by atoms with Crippen LogP contribution < -0.4 is 10.6 Å². The van der Waals surface area contributed by atoms with Gasteiger partial charge in [0, 0.05) is 25.2 Å². The van der Waals surface area contributed by atoms with Crippen LogP contribution in [0.15, 0.2) is 30.7 Å². The van der Waals surface area contributed by atoms with E-state index in [1.807, 2.05) is 19.9 Å². The van der Waals surface area contributed by atoms with Gasteiger partial charge in [-0.1, -0.05) is 0 Å². The first-order valence-corrected chi connectivity index (χ1v) is 10.4. The maximum atomic E-state index is 12.9. The number of nitrogens with zero attached hydrogens (tertiary/aromatic N) is 5. The minimum absolute atomic E-state index is 0.0795. The molecule has 31 heavy (non-hydrogen) atoms. The number of nitrogens with one attached hydrogen (secondary N) is 2. The van der Waals surface area contributed by atoms with Crippen LogP contribution >= 0.6 is 0 Å². The van der Waals surface area contributed by atoms with Crippen LogP contribution in [-0.4, -0.2) is 42.4 Å². The molecule has 1 aliphatic carbocycles. The van der Waals surface area contributed by atoms with E-state index in [2.05, 4.69) is 25.8 Å². The average molecular weight is 427 g/mol. The van der Waals surface area contributed by atoms with Gasteiger partial charge in [-0.2, -0.15) is 10.2 Å². The van der Waals surface area contributed by atoms with Crippen LogP contribution in [0.2, 0.25) is 0 Å². The lowest BCUT2D eigenvalue weighted by Crippen LogP contribution is -2.32. The minimum atomic E-state index is -0.749. The van der Waals surface area contributed by atoms with Crippen molar-refractivity contribution < 1.29 is 14.0 Å². The molecule has 3 heterocycles. The summed E-state index contributed by atoms with van der Waals surface area (Å²) in [5, 5.41) is 14.2. The summed E-state index contributed by atoms with van der Waals surface area (Å²) in [6.45, 7) is 4.52. The first-order valence-electron chi connectivity index (χ1n) is 10.4. The molecule has 3 aromatic heterocycles. The van der Waals surface area contributed by atoms with Gasteiger partial charge in [-0.15, -0.1) is 0 Å². The largest absolute Gasteiger partial charge is 0.352 e. The maximum Gasteiger partial charge on any atom is 0.269 e. The van der Waals surface area contributed by atoms with Crippen molar-refractivity contribution in [3.8, 4) is 0 Å². The second kappa shape index (κ2) is 8.83. The Morgan fingerprint density at radius 2 is 2.03 bits per heavy atom. The summed E-state index contributed by atoms with van der Waals surface area (Å²) >= 11 is 0. The Bertz CT molecular complexity index is 1080. The Labute approximate surface area is 179 Å². The van der Waals surface area contributed by atoms with Crippen molar-refractivity contribution in [3.05, 3.63) is 47.7 Å². The van der Waals surface area contributed by atoms with E-state index in [0.717, 1.165) is 5.56 Å². The number of halogens is 1. The van der Waals surface area contributed by atoms with Gasteiger partial charge in [0.05, 0.1) is 24.6 Å². The lowest BCUT2D eigenvalue weighted by molar-refractivity contribution is -0.123. The van der Waals surface area contributed by atoms with Gasteiger partial charge in [-0.3, -0.25) is 14.3 Å². The lowest BCUT2D eigenvalue weighted by Gasteiger charge is -2.28. The van der Waals surface area contributed by atoms with E-state index >= 15 is 0 Å². The standard InChI is InChI=1S/C21H26FN7O2/c1-13(2)29-18(3-4-25-29)21(31)24-11-17-12-28-19(27-17)7-15(10-26-28)9-23-20(30)8-14-5-16(22)6-14/h3-4,7,10,12-14,16H,5-6,8-9,11H2,1-2H3,(H,23,30)(H,24,31). The van der Waals surface area contributed by atoms with Gasteiger partial charge >= 0.3 is 0 Å². The predicted molar refractivity (Wildman–Crippen MR) is 111 cm³/mol. The lowest BCUT2D eigenvalue weighted by atomic mass is 9.81. The molecule has 10 heteroatoms. The van der Waals surface area contributed by atoms with E-state index in [0.29, 0.717) is 42.8 Å². The van der Waals surface area contributed by atoms with Crippen LogP contribution in [0.4, 0.5) is 4.39 Å². The number of alkyl halides is 1. The van der Waals surface area contributed by atoms with Gasteiger partial charge in [0.1, 0.15) is 11.9 Å². The number of carbonyl (C=O) groups is 2. The predicted octanol–water partition coefficient (Wildman–Crippen LogP) is 2.19. The van der Waals surface area contributed by atoms with Gasteiger partial charge in [0.2, 0.25) is 5.91 Å². The van der Waals surface area contributed by atoms with E-state index in [1.54, 1.807) is 33.9 Å². The molecule has 0 saturated heterocycles. The van der Waals surface area contributed by atoms with E-state index in [1.165, 1.54) is 0 Å². The van der Waals surface area contributed by atoms with Crippen molar-refractivity contribution in [1.82, 2.24) is 35.0 Å². The van der Waals surface area contributed by atoms with Gasteiger partial charge in [-0.25, -0.2) is 13.9 Å². The van der Waals surface area contributed by atoms with E-state index in [-0.39, 0.29) is 30.3 Å². The molecule has 0 aliphatic heterocycles. The number of fused-ring (bicyclic) bond motifs is 1. The summed E-state index contributed by atoms with van der Waals surface area (Å²) in [6.07, 6.45) is 5.59. The fourth-order valence-electron chi connectivity index (χ4n) is 3.67. The summed E-state index contributed by atoms with van der Waals surface area (Å²) in [7, 11) is 0. The maximum absolute atomic E-state index is 12.9. The van der Waals surface area contributed by atoms with Gasteiger partial charge in [0.25, 0.3) is 5.91 Å². The Hall–Kier alpha value is -3.30. The first kappa shape index (κ1) is 21.0. The van der Waals surface area contributed by atoms with Crippen molar-refractivity contribution in [2.75, 3.05) is 0 Å². The highest BCUT2D eigenvalue weighted by molar-refractivity contribution is 5.92. The molecule has 0 radical (unpaired) electrons. The number of amides is 2. The Balaban J connectivity index is 1.32. The quantitative estimate of drug-likeness (QED) is 0.573. The summed E-state index contributed by atoms with van der Waals surface area (Å²) in [5.41, 5.74) is 2.62. The van der Waals surface area contributed by atoms with Gasteiger partial charge in [-0.05, 0) is 50.3 Å². The highest BCUT2D eigenvalue weighted by Gasteiger charge is 2.30. The number of carbonyl (C=O) groups excluding carboxylic acids is 2. The molecule has 0 bridgehead atoms. The Morgan fingerprint density at radius 3 is 2.77 bits per heavy atom. The minimum Gasteiger partial charge on any atom is -0.352 e. The summed E-state index contributed by atoms with van der Waals surface area (Å²) in [6, 6.07) is 3.61. The molecule has 164 valence electrons. The smallest absolute Gasteiger partial charge is 0.269 e. The summed E-state index contributed by atoms with van der Waals surface area (Å²) in [5.74, 6) is -0.144. The molecular formula is C21H26FN7O2. The molecule has 0 unspecified atom stereocenters. The molecule has 4 rings (SSSR count). The SMILES string of the molecule is CC(C)n1nccc1C(=O)NCc1cn2ncc(CNC(=O)CC3CC(F)C3)cc2n1. The van der Waals surface area contributed by atoms with Gasteiger partial charge in [0.15, 0.2) is 5.65 Å². The Morgan fingerprint density at radius 1 is 1.23 bits per heavy atom. The van der Waals surface area contributed by atoms with E-state index < -0.39 is 6.17 Å². The first-order chi connectivity index (χ1) is 14.9. The van der Waals surface area contributed by atoms with Crippen LogP contribution in [0.5, 0.6) is 0 Å². The number of aromatic nitrogens is 5. The molecule has 1 saturated carbocycles. The molecule has 1 aliphatic rings. The highest BCUT2D eigenvalue weighted by Crippen LogP contribution is 2.32. The second-order valence-corrected chi connectivity index (χ2v) is 8.25. The second-order valence-electron chi connectivity index (χ2n) is 8.25. The molecular weight excluding hydrogens is 401 g/mol. The van der Waals surface area contributed by atoms with E-state index in [9.17, 15) is 14.0 Å². The molecule has 9 nitrogen and oxygen atoms in total. The van der Waals surface area contributed by atoms with Crippen LogP contribution in [-0.2, 0) is 17.9 Å². The molecule has 2 amide bonds. The molecule has 0 aromatic carbocycles. The van der Waals surface area contributed by atoms with Crippen molar-refractivity contribution in [3.63, 3.8) is 0 Å². The zero-order valence-corrected chi connectivity index (χ0v) is 17.6. The zero-order valence-electron chi connectivity index (χ0n) is 17.6. The number of hydrogen-bond donors (Lipinski definition) is 2. The fourth-order valence-corrected chi connectivity index (χ4v) is 3.67. The van der Waals surface area contributed by atoms with Crippen molar-refractivity contribution in [2.24, 2.45) is 5.92 Å².